The van der Waals surface area contributed by atoms with Crippen LogP contribution in [0.4, 0.5) is 22.7 Å². The lowest BCUT2D eigenvalue weighted by atomic mass is 10.1. The molecule has 0 atom stereocenters. The Morgan fingerprint density at radius 2 is 0.667 bits per heavy atom. The maximum Gasteiger partial charge on any atom is 0.148 e. The largest absolute Gasteiger partial charge is 0.759 e. The van der Waals surface area contributed by atoms with Crippen LogP contribution in [0, 0.1) is 0 Å². The van der Waals surface area contributed by atoms with Gasteiger partial charge in [-0.05, 0) is 27.7 Å². The van der Waals surface area contributed by atoms with E-state index in [1.165, 1.54) is 47.4 Å². The fourth-order valence-corrected chi connectivity index (χ4v) is 7.53. The second-order valence-electron chi connectivity index (χ2n) is 9.03. The van der Waals surface area contributed by atoms with E-state index in [2.05, 4.69) is 149 Å². The van der Waals surface area contributed by atoms with Crippen molar-refractivity contribution in [3.63, 3.8) is 0 Å². The van der Waals surface area contributed by atoms with Gasteiger partial charge in [0.15, 0.2) is 0 Å². The molecule has 4 aromatic carbocycles. The van der Waals surface area contributed by atoms with E-state index in [1.54, 1.807) is 0 Å². The third-order valence-electron chi connectivity index (χ3n) is 7.26. The summed E-state index contributed by atoms with van der Waals surface area (Å²) < 4.78 is 34.6. The zero-order valence-corrected chi connectivity index (χ0v) is 25.0. The van der Waals surface area contributed by atoms with Gasteiger partial charge in [-0.25, -0.2) is 0 Å². The van der Waals surface area contributed by atoms with Crippen molar-refractivity contribution < 1.29 is 17.5 Å². The van der Waals surface area contributed by atoms with Crippen molar-refractivity contribution in [2.75, 3.05) is 24.6 Å². The molecule has 0 aliphatic rings. The molecule has 0 amide bonds. The fraction of sp³-hybridized carbons (Fsp3) is 0.250. The third-order valence-corrected chi connectivity index (χ3v) is 12.6. The predicted octanol–water partition coefficient (Wildman–Crippen LogP) is 8.73. The Kier molecular flexibility index (Phi) is 13.0. The first-order chi connectivity index (χ1) is 18.7. The minimum atomic E-state index is -5.17. The fourth-order valence-electron chi connectivity index (χ4n) is 4.84. The second-order valence-corrected chi connectivity index (χ2v) is 15.1. The van der Waals surface area contributed by atoms with Gasteiger partial charge in [-0.1, -0.05) is 72.8 Å². The SMILES string of the molecule is CC[P+](CC)(CC)CC.O=S(=O)([O-])[O-].c1ccc([N+](c2ccccc2)(c2ccccc2)c2ccccc2)cc1. The van der Waals surface area contributed by atoms with E-state index in [-0.39, 0.29) is 0 Å². The monoisotopic (exact) mass is 565 g/mol. The van der Waals surface area contributed by atoms with Crippen LogP contribution in [-0.2, 0) is 10.4 Å². The Balaban J connectivity index is 0.000000318. The average Bonchev–Trinajstić information content (AvgIpc) is 2.97. The molecule has 5 nitrogen and oxygen atoms in total. The molecule has 4 aromatic rings. The molecule has 0 saturated heterocycles. The highest BCUT2D eigenvalue weighted by molar-refractivity contribution is 7.79. The van der Waals surface area contributed by atoms with Gasteiger partial charge in [0.2, 0.25) is 0 Å². The summed E-state index contributed by atoms with van der Waals surface area (Å²) in [5.41, 5.74) is 4.86. The zero-order chi connectivity index (χ0) is 28.8. The van der Waals surface area contributed by atoms with Gasteiger partial charge in [-0.2, -0.15) is 4.48 Å². The van der Waals surface area contributed by atoms with Crippen molar-refractivity contribution in [3.8, 4) is 0 Å². The molecule has 208 valence electrons. The van der Waals surface area contributed by atoms with Crippen LogP contribution in [0.25, 0.3) is 0 Å². The average molecular weight is 566 g/mol. The number of hydrogen-bond donors (Lipinski definition) is 0. The molecule has 0 aromatic heterocycles. The Morgan fingerprint density at radius 3 is 0.795 bits per heavy atom. The number of quaternary nitrogens is 1. The summed E-state index contributed by atoms with van der Waals surface area (Å²) in [7, 11) is -5.59. The van der Waals surface area contributed by atoms with Crippen LogP contribution in [0.3, 0.4) is 0 Å². The molecular formula is C32H40NO4PS. The highest BCUT2D eigenvalue weighted by Gasteiger charge is 2.38. The summed E-state index contributed by atoms with van der Waals surface area (Å²) in [6.07, 6.45) is 5.82. The van der Waals surface area contributed by atoms with E-state index in [9.17, 15) is 0 Å². The number of benzene rings is 4. The zero-order valence-electron chi connectivity index (χ0n) is 23.3. The van der Waals surface area contributed by atoms with Crippen LogP contribution in [0.2, 0.25) is 0 Å². The lowest BCUT2D eigenvalue weighted by Crippen LogP contribution is -2.33. The normalized spacial score (nSPS) is 11.4. The lowest BCUT2D eigenvalue weighted by molar-refractivity contribution is 0.352. The number of para-hydroxylation sites is 4. The maximum atomic E-state index is 8.52. The first-order valence-corrected chi connectivity index (χ1v) is 17.2. The molecule has 0 fully saturated rings. The Labute approximate surface area is 235 Å². The molecule has 0 radical (unpaired) electrons. The van der Waals surface area contributed by atoms with Crippen molar-refractivity contribution in [1.29, 1.82) is 0 Å². The van der Waals surface area contributed by atoms with E-state index in [4.69, 9.17) is 17.5 Å². The van der Waals surface area contributed by atoms with Gasteiger partial charge < -0.3 is 9.11 Å². The number of hydrogen-bond acceptors (Lipinski definition) is 4. The van der Waals surface area contributed by atoms with E-state index >= 15 is 0 Å². The Morgan fingerprint density at radius 1 is 0.487 bits per heavy atom. The van der Waals surface area contributed by atoms with Gasteiger partial charge >= 0.3 is 0 Å². The Hall–Kier alpha value is -2.86. The molecule has 4 rings (SSSR count). The lowest BCUT2D eigenvalue weighted by Gasteiger charge is -2.37. The molecule has 0 aliphatic carbocycles. The number of nitrogens with zero attached hydrogens (tertiary/aromatic N) is 1. The van der Waals surface area contributed by atoms with Crippen molar-refractivity contribution in [1.82, 2.24) is 4.48 Å². The van der Waals surface area contributed by atoms with Crippen LogP contribution in [0.1, 0.15) is 27.7 Å². The minimum absolute atomic E-state index is 0.420. The van der Waals surface area contributed by atoms with E-state index < -0.39 is 17.7 Å². The summed E-state index contributed by atoms with van der Waals surface area (Å²) in [5.74, 6) is 0. The van der Waals surface area contributed by atoms with Gasteiger partial charge in [0.25, 0.3) is 0 Å². The highest BCUT2D eigenvalue weighted by Crippen LogP contribution is 2.57. The smallest absolute Gasteiger partial charge is 0.148 e. The molecule has 39 heavy (non-hydrogen) atoms. The van der Waals surface area contributed by atoms with Crippen LogP contribution in [0.5, 0.6) is 0 Å². The third kappa shape index (κ3) is 9.10. The summed E-state index contributed by atoms with van der Waals surface area (Å²) in [6, 6.07) is 42.8. The van der Waals surface area contributed by atoms with E-state index in [0.29, 0.717) is 4.48 Å². The molecule has 0 heterocycles. The minimum Gasteiger partial charge on any atom is -0.759 e. The van der Waals surface area contributed by atoms with Crippen LogP contribution < -0.4 is 4.48 Å². The summed E-state index contributed by atoms with van der Waals surface area (Å²) >= 11 is 0. The van der Waals surface area contributed by atoms with E-state index in [0.717, 1.165) is 0 Å². The standard InChI is InChI=1S/C24H20N.C8H20P.H2O4S/c1-5-13-21(14-6-1)25(22-15-7-2-8-16-22,23-17-9-3-10-18-23)24-19-11-4-12-20-24;1-5-9(6-2,7-3)8-4;1-5(2,3)4/h1-20H;5-8H2,1-4H3;(H2,1,2,3,4)/q2*+1;/p-2. The van der Waals surface area contributed by atoms with Gasteiger partial charge in [0.05, 0.1) is 24.6 Å². The van der Waals surface area contributed by atoms with Crippen LogP contribution >= 0.6 is 7.26 Å². The second kappa shape index (κ2) is 15.7. The van der Waals surface area contributed by atoms with Gasteiger partial charge in [0, 0.05) is 66.2 Å². The summed E-state index contributed by atoms with van der Waals surface area (Å²) in [6.45, 7) is 9.41. The molecule has 0 bridgehead atoms. The molecule has 0 unspecified atom stereocenters. The van der Waals surface area contributed by atoms with Crippen molar-refractivity contribution >= 4 is 40.4 Å². The molecule has 0 saturated carbocycles. The first kappa shape index (κ1) is 32.4. The molecule has 0 aliphatic heterocycles. The van der Waals surface area contributed by atoms with Crippen molar-refractivity contribution in [2.45, 2.75) is 27.7 Å². The number of rotatable bonds is 8. The molecule has 0 spiro atoms. The van der Waals surface area contributed by atoms with Gasteiger partial charge in [-0.3, -0.25) is 8.42 Å². The van der Waals surface area contributed by atoms with E-state index in [1.807, 2.05) is 0 Å². The topological polar surface area (TPSA) is 80.3 Å². The van der Waals surface area contributed by atoms with Crippen molar-refractivity contribution in [3.05, 3.63) is 121 Å². The van der Waals surface area contributed by atoms with Gasteiger partial charge in [-0.15, -0.1) is 0 Å². The Bertz CT molecular complexity index is 1130. The van der Waals surface area contributed by atoms with Gasteiger partial charge in [0.1, 0.15) is 22.7 Å². The summed E-state index contributed by atoms with van der Waals surface area (Å²) in [5, 5.41) is 0. The quantitative estimate of drug-likeness (QED) is 0.0926. The highest BCUT2D eigenvalue weighted by atomic mass is 32.3. The first-order valence-electron chi connectivity index (χ1n) is 13.3. The maximum absolute atomic E-state index is 8.52. The molecular weight excluding hydrogens is 525 g/mol. The molecule has 0 N–H and O–H groups in total. The van der Waals surface area contributed by atoms with Crippen molar-refractivity contribution in [2.24, 2.45) is 0 Å². The summed E-state index contributed by atoms with van der Waals surface area (Å²) in [4.78, 5) is 0. The van der Waals surface area contributed by atoms with Crippen LogP contribution in [0.15, 0.2) is 121 Å². The van der Waals surface area contributed by atoms with Crippen LogP contribution in [-0.4, -0.2) is 42.2 Å². The molecule has 7 heteroatoms. The predicted molar refractivity (Wildman–Crippen MR) is 166 cm³/mol.